The van der Waals surface area contributed by atoms with E-state index >= 15 is 0 Å². The first-order valence-corrected chi connectivity index (χ1v) is 5.84. The summed E-state index contributed by atoms with van der Waals surface area (Å²) in [5.74, 6) is -1.85. The van der Waals surface area contributed by atoms with Crippen LogP contribution in [0.1, 0.15) is 38.1 Å². The highest BCUT2D eigenvalue weighted by Gasteiger charge is 2.23. The summed E-state index contributed by atoms with van der Waals surface area (Å²) in [4.78, 5) is 26.8. The highest BCUT2D eigenvalue weighted by molar-refractivity contribution is 5.96. The van der Waals surface area contributed by atoms with Gasteiger partial charge in [-0.3, -0.25) is 4.79 Å². The van der Waals surface area contributed by atoms with Crippen LogP contribution in [0, 0.1) is 5.95 Å². The van der Waals surface area contributed by atoms with Gasteiger partial charge >= 0.3 is 5.97 Å². The van der Waals surface area contributed by atoms with Crippen molar-refractivity contribution in [2.75, 3.05) is 0 Å². The Bertz CT molecular complexity index is 483. The van der Waals surface area contributed by atoms with Crippen LogP contribution >= 0.6 is 0 Å². The predicted molar refractivity (Wildman–Crippen MR) is 67.0 cm³/mol. The normalized spacial score (nSPS) is 12.7. The molecule has 0 bridgehead atoms. The quantitative estimate of drug-likeness (QED) is 0.669. The molecular weight excluding hydrogens is 251 g/mol. The zero-order chi connectivity index (χ0) is 14.6. The lowest BCUT2D eigenvalue weighted by molar-refractivity contribution is -0.156. The van der Waals surface area contributed by atoms with Gasteiger partial charge in [0.15, 0.2) is 0 Å². The molecule has 1 aromatic rings. The summed E-state index contributed by atoms with van der Waals surface area (Å²) in [7, 11) is 0. The lowest BCUT2D eigenvalue weighted by atomic mass is 10.2. The van der Waals surface area contributed by atoms with Gasteiger partial charge < -0.3 is 10.1 Å². The van der Waals surface area contributed by atoms with E-state index in [1.807, 2.05) is 0 Å². The van der Waals surface area contributed by atoms with Crippen LogP contribution in [0.4, 0.5) is 4.39 Å². The van der Waals surface area contributed by atoms with Gasteiger partial charge in [0.1, 0.15) is 11.6 Å². The highest BCUT2D eigenvalue weighted by Crippen LogP contribution is 2.09. The molecule has 1 aromatic heterocycles. The standard InChI is InChI=1S/C13H17FN2O3/c1-8(12(18)19-13(2,3)4)16-11(17)9-5-6-15-10(14)7-9/h5-8H,1-4H3,(H,16,17)/t8-/m0/s1. The van der Waals surface area contributed by atoms with Crippen LogP contribution in [0.3, 0.4) is 0 Å². The average molecular weight is 268 g/mol. The topological polar surface area (TPSA) is 68.3 Å². The molecule has 0 aromatic carbocycles. The maximum Gasteiger partial charge on any atom is 0.328 e. The number of esters is 1. The minimum absolute atomic E-state index is 0.0999. The van der Waals surface area contributed by atoms with E-state index in [9.17, 15) is 14.0 Å². The molecule has 0 spiro atoms. The van der Waals surface area contributed by atoms with Gasteiger partial charge in [-0.15, -0.1) is 0 Å². The second kappa shape index (κ2) is 5.77. The number of ether oxygens (including phenoxy) is 1. The van der Waals surface area contributed by atoms with Gasteiger partial charge in [0.2, 0.25) is 5.95 Å². The van der Waals surface area contributed by atoms with E-state index in [1.165, 1.54) is 19.2 Å². The largest absolute Gasteiger partial charge is 0.458 e. The summed E-state index contributed by atoms with van der Waals surface area (Å²) >= 11 is 0. The zero-order valence-corrected chi connectivity index (χ0v) is 11.4. The van der Waals surface area contributed by atoms with Gasteiger partial charge in [0, 0.05) is 17.8 Å². The molecule has 104 valence electrons. The number of hydrogen-bond donors (Lipinski definition) is 1. The first-order valence-electron chi connectivity index (χ1n) is 5.84. The average Bonchev–Trinajstić information content (AvgIpc) is 2.26. The fourth-order valence-corrected chi connectivity index (χ4v) is 1.27. The predicted octanol–water partition coefficient (Wildman–Crippen LogP) is 1.68. The molecule has 1 atom stereocenters. The van der Waals surface area contributed by atoms with Gasteiger partial charge in [0.25, 0.3) is 5.91 Å². The Kier molecular flexibility index (Phi) is 4.58. The second-order valence-electron chi connectivity index (χ2n) is 5.10. The van der Waals surface area contributed by atoms with Crippen molar-refractivity contribution in [2.24, 2.45) is 0 Å². The number of rotatable bonds is 3. The summed E-state index contributed by atoms with van der Waals surface area (Å²) in [6.07, 6.45) is 1.18. The van der Waals surface area contributed by atoms with E-state index in [4.69, 9.17) is 4.74 Å². The molecule has 0 aliphatic heterocycles. The molecule has 0 unspecified atom stereocenters. The van der Waals surface area contributed by atoms with Crippen LogP contribution in [0.5, 0.6) is 0 Å². The van der Waals surface area contributed by atoms with Gasteiger partial charge in [0.05, 0.1) is 0 Å². The minimum Gasteiger partial charge on any atom is -0.458 e. The Hall–Kier alpha value is -1.98. The number of hydrogen-bond acceptors (Lipinski definition) is 4. The van der Waals surface area contributed by atoms with Crippen molar-refractivity contribution in [1.82, 2.24) is 10.3 Å². The number of carbonyl (C=O) groups is 2. The van der Waals surface area contributed by atoms with Crippen molar-refractivity contribution in [3.63, 3.8) is 0 Å². The van der Waals surface area contributed by atoms with E-state index in [1.54, 1.807) is 20.8 Å². The Morgan fingerprint density at radius 2 is 2.05 bits per heavy atom. The molecule has 0 saturated carbocycles. The van der Waals surface area contributed by atoms with Gasteiger partial charge in [-0.05, 0) is 33.8 Å². The third-order valence-corrected chi connectivity index (χ3v) is 2.10. The van der Waals surface area contributed by atoms with Crippen molar-refractivity contribution in [1.29, 1.82) is 0 Å². The number of nitrogens with zero attached hydrogens (tertiary/aromatic N) is 1. The van der Waals surface area contributed by atoms with E-state index in [-0.39, 0.29) is 5.56 Å². The Balaban J connectivity index is 2.64. The first kappa shape index (κ1) is 15.1. The van der Waals surface area contributed by atoms with Crippen molar-refractivity contribution >= 4 is 11.9 Å². The van der Waals surface area contributed by atoms with Crippen molar-refractivity contribution in [3.05, 3.63) is 29.8 Å². The highest BCUT2D eigenvalue weighted by atomic mass is 19.1. The van der Waals surface area contributed by atoms with Crippen molar-refractivity contribution < 1.29 is 18.7 Å². The molecule has 1 heterocycles. The van der Waals surface area contributed by atoms with Gasteiger partial charge in [-0.2, -0.15) is 4.39 Å². The molecule has 1 rings (SSSR count). The number of nitrogens with one attached hydrogen (secondary N) is 1. The third kappa shape index (κ3) is 5.03. The van der Waals surface area contributed by atoms with E-state index in [0.717, 1.165) is 6.07 Å². The maximum atomic E-state index is 12.9. The molecule has 6 heteroatoms. The van der Waals surface area contributed by atoms with Crippen LogP contribution in [0.25, 0.3) is 0 Å². The van der Waals surface area contributed by atoms with Crippen LogP contribution in [0.15, 0.2) is 18.3 Å². The third-order valence-electron chi connectivity index (χ3n) is 2.10. The molecule has 0 fully saturated rings. The summed E-state index contributed by atoms with van der Waals surface area (Å²) < 4.78 is 18.0. The fourth-order valence-electron chi connectivity index (χ4n) is 1.27. The lowest BCUT2D eigenvalue weighted by Crippen LogP contribution is -2.42. The summed E-state index contributed by atoms with van der Waals surface area (Å²) in [5, 5.41) is 2.44. The molecule has 19 heavy (non-hydrogen) atoms. The van der Waals surface area contributed by atoms with Crippen LogP contribution in [-0.4, -0.2) is 28.5 Å². The summed E-state index contributed by atoms with van der Waals surface area (Å²) in [5.41, 5.74) is -0.526. The number of carbonyl (C=O) groups excluding carboxylic acids is 2. The van der Waals surface area contributed by atoms with Crippen LogP contribution in [0.2, 0.25) is 0 Å². The molecule has 1 amide bonds. The molecule has 1 N–H and O–H groups in total. The smallest absolute Gasteiger partial charge is 0.328 e. The molecule has 0 saturated heterocycles. The van der Waals surface area contributed by atoms with Crippen LogP contribution in [-0.2, 0) is 9.53 Å². The van der Waals surface area contributed by atoms with Gasteiger partial charge in [-0.25, -0.2) is 9.78 Å². The van der Waals surface area contributed by atoms with E-state index in [0.29, 0.717) is 0 Å². The monoisotopic (exact) mass is 268 g/mol. The molecule has 0 aliphatic carbocycles. The van der Waals surface area contributed by atoms with Gasteiger partial charge in [-0.1, -0.05) is 0 Å². The minimum atomic E-state index is -0.817. The molecule has 5 nitrogen and oxygen atoms in total. The van der Waals surface area contributed by atoms with Crippen LogP contribution < -0.4 is 5.32 Å². The maximum absolute atomic E-state index is 12.9. The van der Waals surface area contributed by atoms with E-state index in [2.05, 4.69) is 10.3 Å². The van der Waals surface area contributed by atoms with E-state index < -0.39 is 29.5 Å². The Morgan fingerprint density at radius 1 is 1.42 bits per heavy atom. The number of pyridine rings is 1. The zero-order valence-electron chi connectivity index (χ0n) is 11.4. The molecule has 0 radical (unpaired) electrons. The Morgan fingerprint density at radius 3 is 2.58 bits per heavy atom. The number of halogens is 1. The SMILES string of the molecule is C[C@H](NC(=O)c1ccnc(F)c1)C(=O)OC(C)(C)C. The number of amides is 1. The summed E-state index contributed by atoms with van der Waals surface area (Å²) in [6, 6.07) is 1.54. The molecular formula is C13H17FN2O3. The van der Waals surface area contributed by atoms with Crippen molar-refractivity contribution in [2.45, 2.75) is 39.3 Å². The second-order valence-corrected chi connectivity index (χ2v) is 5.10. The molecule has 0 aliphatic rings. The Labute approximate surface area is 111 Å². The summed E-state index contributed by atoms with van der Waals surface area (Å²) in [6.45, 7) is 6.70. The first-order chi connectivity index (χ1) is 8.69. The van der Waals surface area contributed by atoms with Crippen molar-refractivity contribution in [3.8, 4) is 0 Å². The number of aromatic nitrogens is 1. The fraction of sp³-hybridized carbons (Fsp3) is 0.462. The lowest BCUT2D eigenvalue weighted by Gasteiger charge is -2.22.